The molecule has 4 aromatic rings. The second-order valence-electron chi connectivity index (χ2n) is 8.36. The molecule has 34 heavy (non-hydrogen) atoms. The molecule has 1 saturated carbocycles. The van der Waals surface area contributed by atoms with Crippen LogP contribution in [0.2, 0.25) is 0 Å². The maximum atomic E-state index is 12.9. The van der Waals surface area contributed by atoms with Crippen LogP contribution in [0.4, 0.5) is 16.5 Å². The van der Waals surface area contributed by atoms with Crippen LogP contribution in [0.25, 0.3) is 11.1 Å². The smallest absolute Gasteiger partial charge is 0.274 e. The molecule has 2 aromatic heterocycles. The van der Waals surface area contributed by atoms with Gasteiger partial charge in [-0.05, 0) is 54.2 Å². The molecular weight excluding hydrogens is 448 g/mol. The van der Waals surface area contributed by atoms with Gasteiger partial charge in [-0.3, -0.25) is 9.59 Å². The number of hydrogen-bond donors (Lipinski definition) is 3. The van der Waals surface area contributed by atoms with Crippen LogP contribution >= 0.6 is 11.3 Å². The first-order chi connectivity index (χ1) is 16.5. The van der Waals surface area contributed by atoms with Crippen molar-refractivity contribution in [3.05, 3.63) is 93.3 Å². The molecule has 3 N–H and O–H groups in total. The van der Waals surface area contributed by atoms with Gasteiger partial charge in [-0.2, -0.15) is 0 Å². The number of aryl methyl sites for hydroxylation is 1. The van der Waals surface area contributed by atoms with E-state index in [1.807, 2.05) is 41.8 Å². The normalized spacial score (nSPS) is 13.0. The molecule has 0 saturated heterocycles. The van der Waals surface area contributed by atoms with Crippen molar-refractivity contribution in [2.45, 2.75) is 25.4 Å². The van der Waals surface area contributed by atoms with E-state index in [4.69, 9.17) is 0 Å². The molecule has 0 radical (unpaired) electrons. The quantitative estimate of drug-likeness (QED) is 0.356. The van der Waals surface area contributed by atoms with Gasteiger partial charge in [0.15, 0.2) is 5.13 Å². The number of thiazole rings is 1. The predicted molar refractivity (Wildman–Crippen MR) is 135 cm³/mol. The van der Waals surface area contributed by atoms with E-state index >= 15 is 0 Å². The van der Waals surface area contributed by atoms with Gasteiger partial charge in [0.2, 0.25) is 0 Å². The Morgan fingerprint density at radius 1 is 1.18 bits per heavy atom. The first kappa shape index (κ1) is 22.1. The molecule has 172 valence electrons. The maximum absolute atomic E-state index is 12.9. The molecule has 0 spiro atoms. The monoisotopic (exact) mass is 472 g/mol. The summed E-state index contributed by atoms with van der Waals surface area (Å²) in [6.45, 7) is -0.273. The lowest BCUT2D eigenvalue weighted by Crippen LogP contribution is -2.19. The van der Waals surface area contributed by atoms with Gasteiger partial charge in [0.25, 0.3) is 11.5 Å². The van der Waals surface area contributed by atoms with Gasteiger partial charge in [0, 0.05) is 47.2 Å². The number of carbonyl (C=O) groups excluding carboxylic acids is 1. The second-order valence-corrected chi connectivity index (χ2v) is 9.26. The highest BCUT2D eigenvalue weighted by molar-refractivity contribution is 7.13. The van der Waals surface area contributed by atoms with Crippen LogP contribution in [0.1, 0.15) is 40.2 Å². The molecule has 0 unspecified atom stereocenters. The highest BCUT2D eigenvalue weighted by Gasteiger charge is 2.23. The maximum Gasteiger partial charge on any atom is 0.274 e. The van der Waals surface area contributed by atoms with Gasteiger partial charge in [0.1, 0.15) is 5.69 Å². The molecule has 2 aromatic carbocycles. The van der Waals surface area contributed by atoms with Crippen molar-refractivity contribution in [1.29, 1.82) is 0 Å². The van der Waals surface area contributed by atoms with Crippen LogP contribution in [0, 0.1) is 0 Å². The molecule has 0 bridgehead atoms. The van der Waals surface area contributed by atoms with Crippen molar-refractivity contribution in [3.63, 3.8) is 0 Å². The molecule has 8 heteroatoms. The zero-order valence-electron chi connectivity index (χ0n) is 18.6. The van der Waals surface area contributed by atoms with Gasteiger partial charge in [-0.15, -0.1) is 11.3 Å². The van der Waals surface area contributed by atoms with E-state index in [0.717, 1.165) is 11.1 Å². The lowest BCUT2D eigenvalue weighted by Gasteiger charge is -2.16. The number of aromatic nitrogens is 2. The fraction of sp³-hybridized carbons (Fsp3) is 0.192. The summed E-state index contributed by atoms with van der Waals surface area (Å²) in [4.78, 5) is 29.7. The highest BCUT2D eigenvalue weighted by Crippen LogP contribution is 2.40. The number of anilines is 3. The Hall–Kier alpha value is -3.75. The van der Waals surface area contributed by atoms with E-state index in [2.05, 4.69) is 15.6 Å². The summed E-state index contributed by atoms with van der Waals surface area (Å²) in [5, 5.41) is 18.7. The molecule has 1 amide bonds. The lowest BCUT2D eigenvalue weighted by atomic mass is 9.99. The SMILES string of the molecule is Cn1cc(-c2cccc(NC(=O)c3ccc(C4CC4)cc3)c2CO)cc(Nc2nccs2)c1=O. The Balaban J connectivity index is 1.46. The fourth-order valence-corrected chi connectivity index (χ4v) is 4.55. The van der Waals surface area contributed by atoms with Crippen molar-refractivity contribution < 1.29 is 9.90 Å². The third kappa shape index (κ3) is 4.50. The van der Waals surface area contributed by atoms with E-state index in [-0.39, 0.29) is 18.1 Å². The summed E-state index contributed by atoms with van der Waals surface area (Å²) in [5.41, 5.74) is 4.58. The standard InChI is InChI=1S/C26H24N4O3S/c1-30-14-19(13-23(25(30)33)29-26-27-11-12-34-26)20-3-2-4-22(21(20)15-31)28-24(32)18-9-7-17(8-10-18)16-5-6-16/h2-4,7-14,16,31H,5-6,15H2,1H3,(H,27,29)(H,28,32). The Morgan fingerprint density at radius 3 is 2.65 bits per heavy atom. The molecule has 7 nitrogen and oxygen atoms in total. The van der Waals surface area contributed by atoms with Crippen LogP contribution in [0.3, 0.4) is 0 Å². The van der Waals surface area contributed by atoms with Gasteiger partial charge >= 0.3 is 0 Å². The van der Waals surface area contributed by atoms with E-state index in [1.54, 1.807) is 31.6 Å². The van der Waals surface area contributed by atoms with Crippen LogP contribution < -0.4 is 16.2 Å². The molecule has 2 heterocycles. The lowest BCUT2D eigenvalue weighted by molar-refractivity contribution is 0.102. The zero-order chi connectivity index (χ0) is 23.7. The van der Waals surface area contributed by atoms with Crippen LogP contribution in [0.15, 0.2) is 71.1 Å². The summed E-state index contributed by atoms with van der Waals surface area (Å²) in [7, 11) is 1.68. The van der Waals surface area contributed by atoms with Crippen LogP contribution in [0.5, 0.6) is 0 Å². The van der Waals surface area contributed by atoms with E-state index in [0.29, 0.717) is 33.6 Å². The first-order valence-corrected chi connectivity index (χ1v) is 11.9. The van der Waals surface area contributed by atoms with Crippen LogP contribution in [-0.2, 0) is 13.7 Å². The van der Waals surface area contributed by atoms with Gasteiger partial charge in [-0.25, -0.2) is 4.98 Å². The highest BCUT2D eigenvalue weighted by atomic mass is 32.1. The number of benzene rings is 2. The topological polar surface area (TPSA) is 96.2 Å². The minimum Gasteiger partial charge on any atom is -0.392 e. The van der Waals surface area contributed by atoms with Crippen molar-refractivity contribution in [3.8, 4) is 11.1 Å². The predicted octanol–water partition coefficient (Wildman–Crippen LogP) is 4.87. The largest absolute Gasteiger partial charge is 0.392 e. The number of aliphatic hydroxyl groups excluding tert-OH is 1. The number of amides is 1. The number of hydrogen-bond acceptors (Lipinski definition) is 6. The summed E-state index contributed by atoms with van der Waals surface area (Å²) in [6, 6.07) is 14.9. The van der Waals surface area contributed by atoms with Gasteiger partial charge < -0.3 is 20.3 Å². The fourth-order valence-electron chi connectivity index (χ4n) is 4.01. The van der Waals surface area contributed by atoms with E-state index in [9.17, 15) is 14.7 Å². The van der Waals surface area contributed by atoms with Gasteiger partial charge in [0.05, 0.1) is 6.61 Å². The minimum atomic E-state index is -0.273. The molecular formula is C26H24N4O3S. The molecule has 1 aliphatic rings. The van der Waals surface area contributed by atoms with E-state index < -0.39 is 0 Å². The third-order valence-corrected chi connectivity index (χ3v) is 6.66. The first-order valence-electron chi connectivity index (χ1n) is 11.0. The number of nitrogens with one attached hydrogen (secondary N) is 2. The molecule has 1 aliphatic carbocycles. The van der Waals surface area contributed by atoms with Crippen LogP contribution in [-0.4, -0.2) is 20.6 Å². The minimum absolute atomic E-state index is 0.191. The molecule has 0 aliphatic heterocycles. The Bertz CT molecular complexity index is 1390. The third-order valence-electron chi connectivity index (χ3n) is 5.97. The second kappa shape index (κ2) is 9.24. The average Bonchev–Trinajstić information content (AvgIpc) is 3.58. The summed E-state index contributed by atoms with van der Waals surface area (Å²) >= 11 is 1.40. The number of carbonyl (C=O) groups is 1. The summed E-state index contributed by atoms with van der Waals surface area (Å²) < 4.78 is 1.49. The molecule has 5 rings (SSSR count). The van der Waals surface area contributed by atoms with Crippen molar-refractivity contribution in [2.75, 3.05) is 10.6 Å². The molecule has 0 atom stereocenters. The molecule has 1 fully saturated rings. The number of aliphatic hydroxyl groups is 1. The Kier molecular flexibility index (Phi) is 6.00. The van der Waals surface area contributed by atoms with Crippen molar-refractivity contribution in [1.82, 2.24) is 9.55 Å². The number of nitrogens with zero attached hydrogens (tertiary/aromatic N) is 2. The summed E-state index contributed by atoms with van der Waals surface area (Å²) in [6.07, 6.45) is 5.80. The summed E-state index contributed by atoms with van der Waals surface area (Å²) in [5.74, 6) is 0.396. The van der Waals surface area contributed by atoms with Crippen molar-refractivity contribution in [2.24, 2.45) is 7.05 Å². The van der Waals surface area contributed by atoms with Gasteiger partial charge in [-0.1, -0.05) is 24.3 Å². The van der Waals surface area contributed by atoms with E-state index in [1.165, 1.54) is 34.3 Å². The Morgan fingerprint density at radius 2 is 1.97 bits per heavy atom. The van der Waals surface area contributed by atoms with Crippen molar-refractivity contribution >= 4 is 33.8 Å². The number of rotatable bonds is 7. The average molecular weight is 473 g/mol. The Labute approximate surface area is 200 Å². The number of pyridine rings is 1. The zero-order valence-corrected chi connectivity index (χ0v) is 19.4.